The minimum Gasteiger partial charge on any atom is -0.463 e. The maximum Gasteiger partial charge on any atom is 0.302 e. The number of hydrogen-bond acceptors (Lipinski definition) is 4. The standard InChI is InChI=1S/C20H34O4/c1-14(21)24-20-10-7-17-11-16(3-4-18(17)12-20)15-5-8-19(9-6-15)23-13-22-2/h15-20H,3-13H2,1-2H3. The van der Waals surface area contributed by atoms with E-state index in [1.807, 2.05) is 0 Å². The Kier molecular flexibility index (Phi) is 6.56. The van der Waals surface area contributed by atoms with Gasteiger partial charge in [-0.2, -0.15) is 0 Å². The molecule has 0 aromatic carbocycles. The van der Waals surface area contributed by atoms with Gasteiger partial charge in [-0.1, -0.05) is 0 Å². The van der Waals surface area contributed by atoms with Gasteiger partial charge in [-0.05, 0) is 87.9 Å². The molecule has 4 unspecified atom stereocenters. The fourth-order valence-corrected chi connectivity index (χ4v) is 5.54. The van der Waals surface area contributed by atoms with Crippen molar-refractivity contribution < 1.29 is 19.0 Å². The van der Waals surface area contributed by atoms with E-state index in [0.717, 1.165) is 36.5 Å². The highest BCUT2D eigenvalue weighted by Gasteiger charge is 2.39. The van der Waals surface area contributed by atoms with E-state index in [0.29, 0.717) is 12.9 Å². The summed E-state index contributed by atoms with van der Waals surface area (Å²) in [6.45, 7) is 1.97. The number of rotatable bonds is 5. The van der Waals surface area contributed by atoms with Gasteiger partial charge in [-0.25, -0.2) is 0 Å². The van der Waals surface area contributed by atoms with Gasteiger partial charge in [0.15, 0.2) is 0 Å². The first-order valence-corrected chi connectivity index (χ1v) is 9.93. The molecular formula is C20H34O4. The van der Waals surface area contributed by atoms with Gasteiger partial charge in [-0.15, -0.1) is 0 Å². The van der Waals surface area contributed by atoms with Crippen LogP contribution in [0, 0.1) is 23.7 Å². The van der Waals surface area contributed by atoms with Crippen LogP contribution in [0.15, 0.2) is 0 Å². The molecule has 3 saturated carbocycles. The Hall–Kier alpha value is -0.610. The lowest BCUT2D eigenvalue weighted by Crippen LogP contribution is -2.37. The zero-order chi connectivity index (χ0) is 16.9. The van der Waals surface area contributed by atoms with Gasteiger partial charge in [0.2, 0.25) is 0 Å². The van der Waals surface area contributed by atoms with E-state index in [2.05, 4.69) is 0 Å². The molecule has 0 saturated heterocycles. The Morgan fingerprint density at radius 1 is 0.792 bits per heavy atom. The SMILES string of the molecule is COCOC1CCC(C2CCC3CC(OC(C)=O)CCC3C2)CC1. The first-order chi connectivity index (χ1) is 11.7. The summed E-state index contributed by atoms with van der Waals surface area (Å²) in [6.07, 6.45) is 13.2. The van der Waals surface area contributed by atoms with E-state index in [1.165, 1.54) is 58.3 Å². The van der Waals surface area contributed by atoms with Gasteiger partial charge in [-0.3, -0.25) is 4.79 Å². The zero-order valence-corrected chi connectivity index (χ0v) is 15.4. The molecule has 3 aliphatic rings. The molecule has 0 amide bonds. The van der Waals surface area contributed by atoms with Crippen LogP contribution >= 0.6 is 0 Å². The summed E-state index contributed by atoms with van der Waals surface area (Å²) in [4.78, 5) is 11.2. The fourth-order valence-electron chi connectivity index (χ4n) is 5.54. The van der Waals surface area contributed by atoms with Crippen LogP contribution < -0.4 is 0 Å². The first-order valence-electron chi connectivity index (χ1n) is 9.93. The largest absolute Gasteiger partial charge is 0.463 e. The van der Waals surface area contributed by atoms with Crippen molar-refractivity contribution >= 4 is 5.97 Å². The van der Waals surface area contributed by atoms with Crippen LogP contribution in [0.25, 0.3) is 0 Å². The van der Waals surface area contributed by atoms with Crippen molar-refractivity contribution in [3.8, 4) is 0 Å². The molecule has 3 fully saturated rings. The van der Waals surface area contributed by atoms with E-state index >= 15 is 0 Å². The highest BCUT2D eigenvalue weighted by Crippen LogP contribution is 2.48. The van der Waals surface area contributed by atoms with Gasteiger partial charge in [0.1, 0.15) is 12.9 Å². The van der Waals surface area contributed by atoms with E-state index in [9.17, 15) is 4.79 Å². The van der Waals surface area contributed by atoms with Crippen molar-refractivity contribution in [2.45, 2.75) is 83.3 Å². The predicted molar refractivity (Wildman–Crippen MR) is 92.4 cm³/mol. The summed E-state index contributed by atoms with van der Waals surface area (Å²) in [6, 6.07) is 0. The van der Waals surface area contributed by atoms with Crippen LogP contribution in [0.4, 0.5) is 0 Å². The van der Waals surface area contributed by atoms with Gasteiger partial charge >= 0.3 is 5.97 Å². The second-order valence-electron chi connectivity index (χ2n) is 8.25. The maximum atomic E-state index is 11.2. The number of methoxy groups -OCH3 is 1. The molecule has 0 aliphatic heterocycles. The Labute approximate surface area is 146 Å². The fraction of sp³-hybridized carbons (Fsp3) is 0.950. The third-order valence-corrected chi connectivity index (χ3v) is 6.75. The first kappa shape index (κ1) is 18.2. The minimum absolute atomic E-state index is 0.111. The second kappa shape index (κ2) is 8.66. The Morgan fingerprint density at radius 2 is 1.33 bits per heavy atom. The zero-order valence-electron chi connectivity index (χ0n) is 15.4. The van der Waals surface area contributed by atoms with Crippen LogP contribution in [0.3, 0.4) is 0 Å². The normalized spacial score (nSPS) is 39.9. The van der Waals surface area contributed by atoms with Crippen LogP contribution in [0.5, 0.6) is 0 Å². The summed E-state index contributed by atoms with van der Waals surface area (Å²) in [7, 11) is 1.69. The molecule has 3 aliphatic carbocycles. The summed E-state index contributed by atoms with van der Waals surface area (Å²) in [5, 5.41) is 0. The molecule has 138 valence electrons. The minimum atomic E-state index is -0.111. The smallest absolute Gasteiger partial charge is 0.302 e. The quantitative estimate of drug-likeness (QED) is 0.553. The number of carbonyl (C=O) groups is 1. The second-order valence-corrected chi connectivity index (χ2v) is 8.25. The lowest BCUT2D eigenvalue weighted by molar-refractivity contribution is -0.150. The predicted octanol–water partition coefficient (Wildman–Crippen LogP) is 4.31. The van der Waals surface area contributed by atoms with Gasteiger partial charge in [0.25, 0.3) is 0 Å². The third-order valence-electron chi connectivity index (χ3n) is 6.75. The molecule has 4 heteroatoms. The van der Waals surface area contributed by atoms with Crippen molar-refractivity contribution in [2.24, 2.45) is 23.7 Å². The molecule has 0 heterocycles. The summed E-state index contributed by atoms with van der Waals surface area (Å²) in [5.74, 6) is 3.37. The van der Waals surface area contributed by atoms with Crippen molar-refractivity contribution in [1.82, 2.24) is 0 Å². The molecule has 0 N–H and O–H groups in total. The number of hydrogen-bond donors (Lipinski definition) is 0. The monoisotopic (exact) mass is 338 g/mol. The third kappa shape index (κ3) is 4.72. The molecule has 0 bridgehead atoms. The van der Waals surface area contributed by atoms with E-state index in [-0.39, 0.29) is 12.1 Å². The van der Waals surface area contributed by atoms with Crippen LogP contribution in [-0.2, 0) is 19.0 Å². The van der Waals surface area contributed by atoms with Gasteiger partial charge in [0.05, 0.1) is 6.10 Å². The van der Waals surface area contributed by atoms with E-state index in [1.54, 1.807) is 7.11 Å². The van der Waals surface area contributed by atoms with Crippen molar-refractivity contribution in [3.05, 3.63) is 0 Å². The molecule has 4 atom stereocenters. The average molecular weight is 338 g/mol. The molecule has 0 aromatic rings. The highest BCUT2D eigenvalue weighted by atomic mass is 16.7. The van der Waals surface area contributed by atoms with Gasteiger partial charge < -0.3 is 14.2 Å². The molecule has 0 aromatic heterocycles. The summed E-state index contributed by atoms with van der Waals surface area (Å²) < 4.78 is 16.2. The van der Waals surface area contributed by atoms with E-state index < -0.39 is 0 Å². The van der Waals surface area contributed by atoms with Gasteiger partial charge in [0, 0.05) is 14.0 Å². The lowest BCUT2D eigenvalue weighted by Gasteiger charge is -2.45. The highest BCUT2D eigenvalue weighted by molar-refractivity contribution is 5.66. The molecular weight excluding hydrogens is 304 g/mol. The summed E-state index contributed by atoms with van der Waals surface area (Å²) >= 11 is 0. The van der Waals surface area contributed by atoms with Crippen molar-refractivity contribution in [2.75, 3.05) is 13.9 Å². The molecule has 0 radical (unpaired) electrons. The Balaban J connectivity index is 1.43. The number of fused-ring (bicyclic) bond motifs is 1. The topological polar surface area (TPSA) is 44.8 Å². The average Bonchev–Trinajstić information content (AvgIpc) is 2.59. The van der Waals surface area contributed by atoms with Crippen molar-refractivity contribution in [1.29, 1.82) is 0 Å². The van der Waals surface area contributed by atoms with Crippen LogP contribution in [0.1, 0.15) is 71.1 Å². The van der Waals surface area contributed by atoms with Crippen LogP contribution in [-0.4, -0.2) is 32.1 Å². The molecule has 3 rings (SSSR count). The Bertz CT molecular complexity index is 402. The molecule has 4 nitrogen and oxygen atoms in total. The number of carbonyl (C=O) groups excluding carboxylic acids is 1. The molecule has 0 spiro atoms. The number of esters is 1. The lowest BCUT2D eigenvalue weighted by atomic mass is 9.62. The van der Waals surface area contributed by atoms with E-state index in [4.69, 9.17) is 14.2 Å². The number of ether oxygens (including phenoxy) is 3. The van der Waals surface area contributed by atoms with Crippen molar-refractivity contribution in [3.63, 3.8) is 0 Å². The maximum absolute atomic E-state index is 11.2. The van der Waals surface area contributed by atoms with Crippen LogP contribution in [0.2, 0.25) is 0 Å². The molecule has 24 heavy (non-hydrogen) atoms. The Morgan fingerprint density at radius 3 is 2.00 bits per heavy atom. The summed E-state index contributed by atoms with van der Waals surface area (Å²) in [5.41, 5.74) is 0.